The number of hydrogen-bond acceptors (Lipinski definition) is 7. The normalized spacial score (nSPS) is 14.5. The monoisotopic (exact) mass is 463 g/mol. The van der Waals surface area contributed by atoms with Gasteiger partial charge in [0, 0.05) is 24.2 Å². The maximum Gasteiger partial charge on any atom is 0.232 e. The zero-order valence-electron chi connectivity index (χ0n) is 17.4. The molecule has 0 spiro atoms. The number of ether oxygens (including phenoxy) is 1. The van der Waals surface area contributed by atoms with E-state index in [2.05, 4.69) is 24.9 Å². The molecule has 0 saturated carbocycles. The van der Waals surface area contributed by atoms with Gasteiger partial charge in [0.1, 0.15) is 23.6 Å². The summed E-state index contributed by atoms with van der Waals surface area (Å²) >= 11 is 0. The quantitative estimate of drug-likeness (QED) is 0.552. The summed E-state index contributed by atoms with van der Waals surface area (Å²) in [6.45, 7) is 4.38. The highest BCUT2D eigenvalue weighted by Gasteiger charge is 2.20. The number of hydrogen-bond donors (Lipinski definition) is 2. The predicted molar refractivity (Wildman–Crippen MR) is 120 cm³/mol. The van der Waals surface area contributed by atoms with Gasteiger partial charge in [0.15, 0.2) is 5.82 Å². The van der Waals surface area contributed by atoms with Crippen LogP contribution in [0.15, 0.2) is 36.7 Å². The fraction of sp³-hybridized carbons (Fsp3) is 0.333. The Morgan fingerprint density at radius 1 is 1.12 bits per heavy atom. The molecule has 1 fully saturated rings. The Bertz CT molecular complexity index is 1230. The third-order valence-electron chi connectivity index (χ3n) is 5.07. The minimum atomic E-state index is -3.74. The summed E-state index contributed by atoms with van der Waals surface area (Å²) in [6, 6.07) is 7.64. The SMILES string of the molecule is CCCS(=O)(=O)Nc1ccc(F)c(Nc2ncnc3ccc(N4CCOCC4)cc23)c1F. The second kappa shape index (κ2) is 9.21. The number of anilines is 4. The van der Waals surface area contributed by atoms with Crippen molar-refractivity contribution in [1.82, 2.24) is 9.97 Å². The fourth-order valence-corrected chi connectivity index (χ4v) is 4.65. The van der Waals surface area contributed by atoms with E-state index >= 15 is 4.39 Å². The summed E-state index contributed by atoms with van der Waals surface area (Å²) in [5, 5.41) is 3.27. The van der Waals surface area contributed by atoms with Crippen LogP contribution in [0.2, 0.25) is 0 Å². The van der Waals surface area contributed by atoms with Crippen LogP contribution in [0.25, 0.3) is 10.9 Å². The summed E-state index contributed by atoms with van der Waals surface area (Å²) in [7, 11) is -3.74. The van der Waals surface area contributed by atoms with Gasteiger partial charge in [0.05, 0.1) is 30.2 Å². The van der Waals surface area contributed by atoms with Crippen molar-refractivity contribution < 1.29 is 21.9 Å². The Kier molecular flexibility index (Phi) is 6.38. The van der Waals surface area contributed by atoms with E-state index in [1.807, 2.05) is 18.2 Å². The predicted octanol–water partition coefficient (Wildman–Crippen LogP) is 3.64. The van der Waals surface area contributed by atoms with E-state index in [1.165, 1.54) is 6.33 Å². The average molecular weight is 464 g/mol. The van der Waals surface area contributed by atoms with E-state index in [4.69, 9.17) is 4.74 Å². The second-order valence-corrected chi connectivity index (χ2v) is 9.19. The molecule has 8 nitrogen and oxygen atoms in total. The van der Waals surface area contributed by atoms with E-state index in [9.17, 15) is 12.8 Å². The van der Waals surface area contributed by atoms with Crippen LogP contribution in [0.4, 0.5) is 31.7 Å². The van der Waals surface area contributed by atoms with E-state index in [-0.39, 0.29) is 17.3 Å². The largest absolute Gasteiger partial charge is 0.378 e. The zero-order valence-corrected chi connectivity index (χ0v) is 18.3. The molecule has 1 saturated heterocycles. The minimum Gasteiger partial charge on any atom is -0.378 e. The number of morpholine rings is 1. The van der Waals surface area contributed by atoms with Gasteiger partial charge in [0.25, 0.3) is 0 Å². The van der Waals surface area contributed by atoms with Crippen LogP contribution < -0.4 is 14.9 Å². The van der Waals surface area contributed by atoms with Gasteiger partial charge in [-0.3, -0.25) is 4.72 Å². The molecule has 2 aromatic carbocycles. The number of fused-ring (bicyclic) bond motifs is 1. The Balaban J connectivity index is 1.70. The molecule has 4 rings (SSSR count). The molecule has 0 bridgehead atoms. The molecule has 1 aliphatic rings. The molecule has 0 amide bonds. The molecule has 2 N–H and O–H groups in total. The lowest BCUT2D eigenvalue weighted by molar-refractivity contribution is 0.122. The maximum absolute atomic E-state index is 15.1. The van der Waals surface area contributed by atoms with Crippen molar-refractivity contribution in [3.05, 3.63) is 48.3 Å². The van der Waals surface area contributed by atoms with E-state index < -0.39 is 27.3 Å². The average Bonchev–Trinajstić information content (AvgIpc) is 2.79. The minimum absolute atomic E-state index is 0.173. The number of nitrogens with one attached hydrogen (secondary N) is 2. The van der Waals surface area contributed by atoms with Crippen LogP contribution in [0.5, 0.6) is 0 Å². The molecule has 2 heterocycles. The summed E-state index contributed by atoms with van der Waals surface area (Å²) in [5.41, 5.74) is 0.675. The Labute approximate surface area is 184 Å². The van der Waals surface area contributed by atoms with Gasteiger partial charge in [-0.05, 0) is 36.8 Å². The fourth-order valence-electron chi connectivity index (χ4n) is 3.51. The van der Waals surface area contributed by atoms with Crippen molar-refractivity contribution in [2.75, 3.05) is 47.0 Å². The highest BCUT2D eigenvalue weighted by atomic mass is 32.2. The first kappa shape index (κ1) is 22.2. The van der Waals surface area contributed by atoms with Gasteiger partial charge in [-0.2, -0.15) is 0 Å². The molecule has 0 atom stereocenters. The van der Waals surface area contributed by atoms with E-state index in [0.29, 0.717) is 30.5 Å². The van der Waals surface area contributed by atoms with Crippen LogP contribution in [0.1, 0.15) is 13.3 Å². The van der Waals surface area contributed by atoms with Crippen molar-refractivity contribution in [2.45, 2.75) is 13.3 Å². The number of halogens is 2. The Morgan fingerprint density at radius 2 is 1.91 bits per heavy atom. The van der Waals surface area contributed by atoms with Crippen LogP contribution in [-0.2, 0) is 14.8 Å². The molecule has 0 radical (unpaired) electrons. The van der Waals surface area contributed by atoms with Gasteiger partial charge < -0.3 is 15.0 Å². The first-order valence-corrected chi connectivity index (χ1v) is 11.9. The van der Waals surface area contributed by atoms with Crippen molar-refractivity contribution in [2.24, 2.45) is 0 Å². The van der Waals surface area contributed by atoms with E-state index in [0.717, 1.165) is 30.9 Å². The van der Waals surface area contributed by atoms with E-state index in [1.54, 1.807) is 6.92 Å². The van der Waals surface area contributed by atoms with Crippen molar-refractivity contribution in [3.63, 3.8) is 0 Å². The first-order chi connectivity index (χ1) is 15.4. The summed E-state index contributed by atoms with van der Waals surface area (Å²) < 4.78 is 61.2. The molecule has 0 unspecified atom stereocenters. The van der Waals surface area contributed by atoms with Crippen molar-refractivity contribution in [1.29, 1.82) is 0 Å². The number of sulfonamides is 1. The lowest BCUT2D eigenvalue weighted by atomic mass is 10.1. The molecule has 170 valence electrons. The van der Waals surface area contributed by atoms with Crippen LogP contribution in [0.3, 0.4) is 0 Å². The second-order valence-electron chi connectivity index (χ2n) is 7.35. The number of nitrogens with zero attached hydrogens (tertiary/aromatic N) is 3. The maximum atomic E-state index is 15.1. The summed E-state index contributed by atoms with van der Waals surface area (Å²) in [6.07, 6.45) is 1.66. The highest BCUT2D eigenvalue weighted by Crippen LogP contribution is 2.32. The van der Waals surface area contributed by atoms with Gasteiger partial charge in [-0.1, -0.05) is 6.92 Å². The lowest BCUT2D eigenvalue weighted by Crippen LogP contribution is -2.36. The zero-order chi connectivity index (χ0) is 22.7. The molecule has 3 aromatic rings. The Morgan fingerprint density at radius 3 is 2.66 bits per heavy atom. The highest BCUT2D eigenvalue weighted by molar-refractivity contribution is 7.92. The van der Waals surface area contributed by atoms with Gasteiger partial charge in [-0.15, -0.1) is 0 Å². The van der Waals surface area contributed by atoms with Crippen LogP contribution >= 0.6 is 0 Å². The van der Waals surface area contributed by atoms with Crippen LogP contribution in [-0.4, -0.2) is 50.4 Å². The van der Waals surface area contributed by atoms with Gasteiger partial charge in [0.2, 0.25) is 10.0 Å². The van der Waals surface area contributed by atoms with Crippen LogP contribution in [0, 0.1) is 11.6 Å². The topological polar surface area (TPSA) is 96.5 Å². The number of rotatable bonds is 7. The molecule has 0 aliphatic carbocycles. The summed E-state index contributed by atoms with van der Waals surface area (Å²) in [4.78, 5) is 10.5. The number of aromatic nitrogens is 2. The Hall–Kier alpha value is -3.05. The van der Waals surface area contributed by atoms with Crippen molar-refractivity contribution in [3.8, 4) is 0 Å². The molecule has 11 heteroatoms. The number of benzene rings is 2. The molecule has 1 aliphatic heterocycles. The van der Waals surface area contributed by atoms with Gasteiger partial charge >= 0.3 is 0 Å². The summed E-state index contributed by atoms with van der Waals surface area (Å²) in [5.74, 6) is -1.90. The smallest absolute Gasteiger partial charge is 0.232 e. The van der Waals surface area contributed by atoms with Gasteiger partial charge in [-0.25, -0.2) is 27.2 Å². The molecular weight excluding hydrogens is 440 g/mol. The first-order valence-electron chi connectivity index (χ1n) is 10.2. The molecule has 1 aromatic heterocycles. The third kappa shape index (κ3) is 4.73. The standard InChI is InChI=1S/C21H23F2N5O3S/c1-2-11-32(29,30)27-18-6-4-16(22)20(19(18)23)26-21-15-12-14(28-7-9-31-10-8-28)3-5-17(15)24-13-25-21/h3-6,12-13,27H,2,7-11H2,1H3,(H,24,25,26). The third-order valence-corrected chi connectivity index (χ3v) is 6.54. The lowest BCUT2D eigenvalue weighted by Gasteiger charge is -2.29. The molecule has 32 heavy (non-hydrogen) atoms. The molecular formula is C21H23F2N5O3S. The van der Waals surface area contributed by atoms with Crippen molar-refractivity contribution >= 4 is 43.8 Å².